The minimum absolute atomic E-state index is 0.0314. The molecule has 0 unspecified atom stereocenters. The van der Waals surface area contributed by atoms with Gasteiger partial charge in [0, 0.05) is 31.5 Å². The summed E-state index contributed by atoms with van der Waals surface area (Å²) in [5.74, 6) is -1.62. The van der Waals surface area contributed by atoms with Crippen molar-refractivity contribution < 1.29 is 23.4 Å². The minimum Gasteiger partial charge on any atom is -0.484 e. The van der Waals surface area contributed by atoms with Crippen molar-refractivity contribution in [2.24, 2.45) is 5.41 Å². The highest BCUT2D eigenvalue weighted by atomic mass is 19.1. The molecule has 2 aromatic heterocycles. The zero-order chi connectivity index (χ0) is 30.1. The third kappa shape index (κ3) is 5.81. The van der Waals surface area contributed by atoms with Crippen molar-refractivity contribution in [1.82, 2.24) is 19.4 Å². The Morgan fingerprint density at radius 3 is 2.63 bits per heavy atom. The molecule has 11 heteroatoms. The van der Waals surface area contributed by atoms with E-state index in [2.05, 4.69) is 20.5 Å². The molecular weight excluding hydrogens is 554 g/mol. The van der Waals surface area contributed by atoms with Gasteiger partial charge in [0.1, 0.15) is 23.9 Å². The third-order valence-corrected chi connectivity index (χ3v) is 8.01. The molecule has 216 valence electrons. The summed E-state index contributed by atoms with van der Waals surface area (Å²) in [6, 6.07) is 15.7. The molecule has 0 spiro atoms. The number of aromatic nitrogens is 3. The van der Waals surface area contributed by atoms with Crippen molar-refractivity contribution >= 4 is 22.6 Å². The van der Waals surface area contributed by atoms with Crippen molar-refractivity contribution in [3.05, 3.63) is 94.6 Å². The Morgan fingerprint density at radius 1 is 1.07 bits per heavy atom. The lowest BCUT2D eigenvalue weighted by Gasteiger charge is -2.20. The number of ether oxygens (including phenoxy) is 1. The molecular formula is C32H26F2N6O3. The SMILES string of the molecule is N#CCC1(Cn2c(CN3CC=C(c4ccc(F)c(COc5ccc(C#N)cc5F)n4)C3)nc3ccc(C(=O)O)cc32)CC1. The van der Waals surface area contributed by atoms with E-state index in [0.717, 1.165) is 35.8 Å². The number of aromatic carboxylic acids is 1. The maximum atomic E-state index is 14.6. The van der Waals surface area contributed by atoms with E-state index in [0.29, 0.717) is 43.8 Å². The molecule has 1 saturated carbocycles. The van der Waals surface area contributed by atoms with Gasteiger partial charge in [-0.25, -0.2) is 23.5 Å². The maximum absolute atomic E-state index is 14.6. The number of carboxylic acids is 1. The fraction of sp³-hybridized carbons (Fsp3) is 0.281. The third-order valence-electron chi connectivity index (χ3n) is 8.01. The van der Waals surface area contributed by atoms with Crippen LogP contribution in [-0.2, 0) is 19.7 Å². The van der Waals surface area contributed by atoms with Crippen LogP contribution in [0.15, 0.2) is 54.6 Å². The number of carbonyl (C=O) groups is 1. The second-order valence-electron chi connectivity index (χ2n) is 11.0. The summed E-state index contributed by atoms with van der Waals surface area (Å²) in [7, 11) is 0. The maximum Gasteiger partial charge on any atom is 0.335 e. The van der Waals surface area contributed by atoms with E-state index in [4.69, 9.17) is 15.0 Å². The number of hydrogen-bond donors (Lipinski definition) is 1. The highest BCUT2D eigenvalue weighted by Crippen LogP contribution is 2.50. The summed E-state index contributed by atoms with van der Waals surface area (Å²) in [5.41, 5.74) is 3.14. The van der Waals surface area contributed by atoms with E-state index < -0.39 is 17.6 Å². The van der Waals surface area contributed by atoms with Gasteiger partial charge in [-0.05, 0) is 66.9 Å². The van der Waals surface area contributed by atoms with E-state index in [1.165, 1.54) is 18.2 Å². The van der Waals surface area contributed by atoms with Crippen LogP contribution < -0.4 is 4.74 Å². The lowest BCUT2D eigenvalue weighted by Crippen LogP contribution is -2.24. The van der Waals surface area contributed by atoms with Crippen LogP contribution in [-0.4, -0.2) is 43.6 Å². The number of imidazole rings is 1. The molecule has 0 atom stereocenters. The summed E-state index contributed by atoms with van der Waals surface area (Å²) < 4.78 is 36.3. The van der Waals surface area contributed by atoms with Crippen molar-refractivity contribution in [3.63, 3.8) is 0 Å². The summed E-state index contributed by atoms with van der Waals surface area (Å²) in [6.07, 6.45) is 4.32. The first-order valence-corrected chi connectivity index (χ1v) is 13.8. The van der Waals surface area contributed by atoms with E-state index in [1.54, 1.807) is 24.3 Å². The smallest absolute Gasteiger partial charge is 0.335 e. The van der Waals surface area contributed by atoms with Crippen LogP contribution in [0.3, 0.4) is 0 Å². The molecule has 6 rings (SSSR count). The van der Waals surface area contributed by atoms with Crippen molar-refractivity contribution in [2.45, 2.75) is 39.0 Å². The largest absolute Gasteiger partial charge is 0.484 e. The van der Waals surface area contributed by atoms with E-state index in [9.17, 15) is 23.9 Å². The van der Waals surface area contributed by atoms with Gasteiger partial charge in [0.2, 0.25) is 0 Å². The van der Waals surface area contributed by atoms with Crippen molar-refractivity contribution in [3.8, 4) is 17.9 Å². The quantitative estimate of drug-likeness (QED) is 0.262. The van der Waals surface area contributed by atoms with Crippen LogP contribution in [0.2, 0.25) is 0 Å². The van der Waals surface area contributed by atoms with E-state index in [1.807, 2.05) is 12.1 Å². The second kappa shape index (κ2) is 11.3. The molecule has 1 aliphatic carbocycles. The zero-order valence-corrected chi connectivity index (χ0v) is 23.1. The van der Waals surface area contributed by atoms with Crippen LogP contribution in [0.1, 0.15) is 52.4 Å². The first-order chi connectivity index (χ1) is 20.8. The Bertz CT molecular complexity index is 1870. The lowest BCUT2D eigenvalue weighted by molar-refractivity contribution is 0.0697. The molecule has 43 heavy (non-hydrogen) atoms. The first kappa shape index (κ1) is 28.0. The highest BCUT2D eigenvalue weighted by Gasteiger charge is 2.43. The summed E-state index contributed by atoms with van der Waals surface area (Å²) in [4.78, 5) is 23.1. The van der Waals surface area contributed by atoms with Crippen molar-refractivity contribution in [1.29, 1.82) is 10.5 Å². The monoisotopic (exact) mass is 580 g/mol. The molecule has 1 N–H and O–H groups in total. The number of benzene rings is 2. The van der Waals surface area contributed by atoms with Crippen LogP contribution in [0, 0.1) is 39.7 Å². The van der Waals surface area contributed by atoms with Gasteiger partial charge in [0.25, 0.3) is 0 Å². The Balaban J connectivity index is 1.19. The number of pyridine rings is 1. The van der Waals surface area contributed by atoms with E-state index >= 15 is 0 Å². The Kier molecular flexibility index (Phi) is 7.34. The summed E-state index contributed by atoms with van der Waals surface area (Å²) in [6.45, 7) is 1.91. The fourth-order valence-electron chi connectivity index (χ4n) is 5.39. The molecule has 0 amide bonds. The van der Waals surface area contributed by atoms with Gasteiger partial charge in [-0.2, -0.15) is 10.5 Å². The number of fused-ring (bicyclic) bond motifs is 1. The summed E-state index contributed by atoms with van der Waals surface area (Å²) in [5, 5.41) is 27.8. The predicted octanol–water partition coefficient (Wildman–Crippen LogP) is 5.45. The fourth-order valence-corrected chi connectivity index (χ4v) is 5.39. The van der Waals surface area contributed by atoms with Crippen LogP contribution >= 0.6 is 0 Å². The van der Waals surface area contributed by atoms with Gasteiger partial charge in [-0.3, -0.25) is 4.90 Å². The Hall–Kier alpha value is -5.13. The molecule has 0 radical (unpaired) electrons. The zero-order valence-electron chi connectivity index (χ0n) is 23.1. The standard InChI is InChI=1S/C32H26F2N6O3/c33-23-3-5-25(37-27(23)18-43-29-6-1-20(15-36)13-24(29)34)22-7-12-39(16-22)17-30-38-26-4-2-21(31(41)42)14-28(26)40(30)19-32(8-9-32)10-11-35/h1-7,13-14H,8-10,12,16-19H2,(H,41,42). The molecule has 0 bridgehead atoms. The molecule has 3 heterocycles. The van der Waals surface area contributed by atoms with Gasteiger partial charge in [0.15, 0.2) is 11.6 Å². The number of carboxylic acid groups (broad SMARTS) is 1. The van der Waals surface area contributed by atoms with E-state index in [-0.39, 0.29) is 34.6 Å². The minimum atomic E-state index is -1.01. The van der Waals surface area contributed by atoms with Crippen molar-refractivity contribution in [2.75, 3.05) is 13.1 Å². The second-order valence-corrected chi connectivity index (χ2v) is 11.0. The number of halogens is 2. The van der Waals surface area contributed by atoms with Gasteiger partial charge in [-0.1, -0.05) is 6.08 Å². The highest BCUT2D eigenvalue weighted by molar-refractivity contribution is 5.92. The van der Waals surface area contributed by atoms with Crippen LogP contribution in [0.5, 0.6) is 5.75 Å². The molecule has 2 aliphatic rings. The summed E-state index contributed by atoms with van der Waals surface area (Å²) >= 11 is 0. The molecule has 1 aliphatic heterocycles. The first-order valence-electron chi connectivity index (χ1n) is 13.8. The molecule has 2 aromatic carbocycles. The molecule has 0 saturated heterocycles. The number of hydrogen-bond acceptors (Lipinski definition) is 7. The number of nitrogens with zero attached hydrogens (tertiary/aromatic N) is 6. The van der Waals surface area contributed by atoms with Gasteiger partial charge in [0.05, 0.1) is 46.5 Å². The van der Waals surface area contributed by atoms with Crippen LogP contribution in [0.25, 0.3) is 16.6 Å². The normalized spacial score (nSPS) is 15.6. The average molecular weight is 581 g/mol. The molecule has 4 aromatic rings. The predicted molar refractivity (Wildman–Crippen MR) is 151 cm³/mol. The lowest BCUT2D eigenvalue weighted by atomic mass is 10.0. The average Bonchev–Trinajstić information content (AvgIpc) is 3.45. The van der Waals surface area contributed by atoms with Gasteiger partial charge in [-0.15, -0.1) is 0 Å². The van der Waals surface area contributed by atoms with Gasteiger partial charge >= 0.3 is 5.97 Å². The molecule has 1 fully saturated rings. The number of rotatable bonds is 10. The Labute approximate surface area is 245 Å². The van der Waals surface area contributed by atoms with Crippen LogP contribution in [0.4, 0.5) is 8.78 Å². The van der Waals surface area contributed by atoms with Gasteiger partial charge < -0.3 is 14.4 Å². The Morgan fingerprint density at radius 2 is 1.91 bits per heavy atom. The topological polar surface area (TPSA) is 128 Å². The number of nitriles is 2. The molecule has 9 nitrogen and oxygen atoms in total.